The maximum Gasteiger partial charge on any atom is 0.192 e. The van der Waals surface area contributed by atoms with Crippen molar-refractivity contribution in [2.75, 3.05) is 6.26 Å². The molecule has 0 radical (unpaired) electrons. The first-order valence-corrected chi connectivity index (χ1v) is 14.1. The molecular weight excluding hydrogens is 508 g/mol. The zero-order valence-corrected chi connectivity index (χ0v) is 21.7. The zero-order chi connectivity index (χ0) is 26.3. The number of hydrogen-bond acceptors (Lipinski definition) is 7. The first kappa shape index (κ1) is 26.2. The molecule has 0 spiro atoms. The highest BCUT2D eigenvalue weighted by Crippen LogP contribution is 2.35. The molecule has 0 fully saturated rings. The largest absolute Gasteiger partial charge is 0.598 e. The van der Waals surface area contributed by atoms with Crippen LogP contribution in [0.2, 0.25) is 0 Å². The van der Waals surface area contributed by atoms with E-state index in [1.807, 2.05) is 0 Å². The number of aromatic nitrogens is 2. The molecular formula is C25H25F2N3O4S2. The summed E-state index contributed by atoms with van der Waals surface area (Å²) in [5.41, 5.74) is 1.79. The van der Waals surface area contributed by atoms with Gasteiger partial charge < -0.3 is 9.08 Å². The molecule has 0 saturated heterocycles. The maximum atomic E-state index is 14.8. The fourth-order valence-electron chi connectivity index (χ4n) is 3.65. The highest BCUT2D eigenvalue weighted by Gasteiger charge is 2.32. The molecule has 7 nitrogen and oxygen atoms in total. The van der Waals surface area contributed by atoms with Gasteiger partial charge in [-0.1, -0.05) is 29.4 Å². The first-order valence-electron chi connectivity index (χ1n) is 11.0. The summed E-state index contributed by atoms with van der Waals surface area (Å²) in [6, 6.07) is 12.5. The van der Waals surface area contributed by atoms with Gasteiger partial charge in [-0.3, -0.25) is 0 Å². The Labute approximate surface area is 211 Å². The minimum atomic E-state index is -3.68. The van der Waals surface area contributed by atoms with Crippen LogP contribution in [0.4, 0.5) is 8.78 Å². The second kappa shape index (κ2) is 9.89. The molecule has 11 heteroatoms. The van der Waals surface area contributed by atoms with E-state index in [4.69, 9.17) is 4.52 Å². The van der Waals surface area contributed by atoms with Gasteiger partial charge in [-0.15, -0.1) is 4.72 Å². The van der Waals surface area contributed by atoms with Gasteiger partial charge in [0.25, 0.3) is 0 Å². The lowest BCUT2D eigenvalue weighted by molar-refractivity contribution is 0.459. The van der Waals surface area contributed by atoms with Gasteiger partial charge in [-0.25, -0.2) is 22.2 Å². The quantitative estimate of drug-likeness (QED) is 0.336. The molecule has 1 N–H and O–H groups in total. The molecule has 2 aromatic heterocycles. The molecule has 4 rings (SSSR count). The summed E-state index contributed by atoms with van der Waals surface area (Å²) in [6.07, 6.45) is 0.879. The Morgan fingerprint density at radius 1 is 1.11 bits per heavy atom. The van der Waals surface area contributed by atoms with Crippen molar-refractivity contribution in [3.8, 4) is 11.3 Å². The van der Waals surface area contributed by atoms with Crippen molar-refractivity contribution in [3.05, 3.63) is 77.5 Å². The second-order valence-corrected chi connectivity index (χ2v) is 13.3. The highest BCUT2D eigenvalue weighted by molar-refractivity contribution is 7.91. The molecule has 0 unspecified atom stereocenters. The third kappa shape index (κ3) is 5.59. The van der Waals surface area contributed by atoms with Gasteiger partial charge in [0, 0.05) is 29.6 Å². The molecule has 0 aliphatic carbocycles. The van der Waals surface area contributed by atoms with Gasteiger partial charge in [-0.05, 0) is 56.7 Å². The minimum Gasteiger partial charge on any atom is -0.598 e. The SMILES string of the molecule is CC(C)(C)[S@+]([O-])N[C@@H](Cc1nc(S(C)(=O)=O)ccc1F)c1ccccc1-c1noc2ccc(F)cc12. The van der Waals surface area contributed by atoms with Crippen LogP contribution in [-0.4, -0.2) is 34.1 Å². The van der Waals surface area contributed by atoms with Crippen LogP contribution in [0, 0.1) is 11.6 Å². The molecule has 4 aromatic rings. The molecule has 2 heterocycles. The summed E-state index contributed by atoms with van der Waals surface area (Å²) in [6.45, 7) is 5.36. The van der Waals surface area contributed by atoms with Gasteiger partial charge in [0.2, 0.25) is 0 Å². The van der Waals surface area contributed by atoms with Crippen LogP contribution in [0.25, 0.3) is 22.2 Å². The topological polar surface area (TPSA) is 108 Å². The third-order valence-electron chi connectivity index (χ3n) is 5.50. The number of nitrogens with zero attached hydrogens (tertiary/aromatic N) is 2. The van der Waals surface area contributed by atoms with Crippen molar-refractivity contribution in [2.24, 2.45) is 0 Å². The molecule has 36 heavy (non-hydrogen) atoms. The number of rotatable bonds is 7. The van der Waals surface area contributed by atoms with Crippen LogP contribution in [-0.2, 0) is 27.6 Å². The molecule has 0 aliphatic rings. The van der Waals surface area contributed by atoms with E-state index in [1.54, 1.807) is 45.0 Å². The van der Waals surface area contributed by atoms with Crippen LogP contribution in [0.5, 0.6) is 0 Å². The summed E-state index contributed by atoms with van der Waals surface area (Å²) < 4.78 is 73.8. The van der Waals surface area contributed by atoms with E-state index in [2.05, 4.69) is 14.9 Å². The lowest BCUT2D eigenvalue weighted by Gasteiger charge is -2.29. The smallest absolute Gasteiger partial charge is 0.192 e. The van der Waals surface area contributed by atoms with E-state index in [1.165, 1.54) is 18.2 Å². The predicted molar refractivity (Wildman–Crippen MR) is 134 cm³/mol. The fraction of sp³-hybridized carbons (Fsp3) is 0.280. The van der Waals surface area contributed by atoms with Crippen molar-refractivity contribution in [1.29, 1.82) is 0 Å². The number of hydrogen-bond donors (Lipinski definition) is 1. The van der Waals surface area contributed by atoms with E-state index < -0.39 is 43.6 Å². The summed E-state index contributed by atoms with van der Waals surface area (Å²) in [7, 11) is -3.68. The molecule has 0 bridgehead atoms. The first-order chi connectivity index (χ1) is 16.8. The predicted octanol–water partition coefficient (Wildman–Crippen LogP) is 4.91. The van der Waals surface area contributed by atoms with Gasteiger partial charge in [0.05, 0.1) is 17.1 Å². The van der Waals surface area contributed by atoms with Crippen molar-refractivity contribution in [1.82, 2.24) is 14.9 Å². The summed E-state index contributed by atoms with van der Waals surface area (Å²) in [4.78, 5) is 4.05. The van der Waals surface area contributed by atoms with Crippen molar-refractivity contribution in [2.45, 2.75) is 43.0 Å². The monoisotopic (exact) mass is 533 g/mol. The number of nitrogens with one attached hydrogen (secondary N) is 1. The average Bonchev–Trinajstić information content (AvgIpc) is 3.21. The van der Waals surface area contributed by atoms with E-state index in [0.717, 1.165) is 18.4 Å². The minimum absolute atomic E-state index is 0.104. The number of sulfone groups is 1. The standard InChI is InChI=1S/C25H25F2N3O4S2/c1-25(2,3)35(31)30-20(14-21-19(27)10-12-23(28-21)36(4,32)33)16-7-5-6-8-17(16)24-18-13-15(26)9-11-22(18)34-29-24/h5-13,20,30H,14H2,1-4H3/t20-,35-/m0/s1. The molecule has 0 aliphatic heterocycles. The normalized spacial score (nSPS) is 14.2. The van der Waals surface area contributed by atoms with Crippen LogP contribution in [0.15, 0.2) is 64.1 Å². The Hall–Kier alpha value is -2.86. The Morgan fingerprint density at radius 2 is 1.83 bits per heavy atom. The molecule has 0 amide bonds. The van der Waals surface area contributed by atoms with Gasteiger partial charge in [0.15, 0.2) is 20.4 Å². The van der Waals surface area contributed by atoms with Gasteiger partial charge in [0.1, 0.15) is 22.1 Å². The van der Waals surface area contributed by atoms with E-state index >= 15 is 0 Å². The Bertz CT molecular complexity index is 1520. The van der Waals surface area contributed by atoms with Gasteiger partial charge >= 0.3 is 0 Å². The van der Waals surface area contributed by atoms with E-state index in [9.17, 15) is 21.8 Å². The number of halogens is 2. The molecule has 190 valence electrons. The summed E-state index contributed by atoms with van der Waals surface area (Å²) in [5.74, 6) is -1.15. The molecule has 0 saturated carbocycles. The fourth-order valence-corrected chi connectivity index (χ4v) is 5.06. The average molecular weight is 534 g/mol. The Morgan fingerprint density at radius 3 is 2.53 bits per heavy atom. The molecule has 2 aromatic carbocycles. The second-order valence-electron chi connectivity index (χ2n) is 9.36. The summed E-state index contributed by atoms with van der Waals surface area (Å²) in [5, 5.41) is 4.32. The third-order valence-corrected chi connectivity index (χ3v) is 8.10. The van der Waals surface area contributed by atoms with Crippen molar-refractivity contribution < 1.29 is 26.3 Å². The van der Waals surface area contributed by atoms with Crippen LogP contribution in [0.1, 0.15) is 38.1 Å². The number of fused-ring (bicyclic) bond motifs is 1. The van der Waals surface area contributed by atoms with Crippen molar-refractivity contribution in [3.63, 3.8) is 0 Å². The lowest BCUT2D eigenvalue weighted by atomic mass is 9.94. The number of benzene rings is 2. The van der Waals surface area contributed by atoms with E-state index in [-0.39, 0.29) is 17.1 Å². The zero-order valence-electron chi connectivity index (χ0n) is 20.1. The van der Waals surface area contributed by atoms with E-state index in [0.29, 0.717) is 27.8 Å². The van der Waals surface area contributed by atoms with Crippen LogP contribution < -0.4 is 4.72 Å². The molecule has 2 atom stereocenters. The summed E-state index contributed by atoms with van der Waals surface area (Å²) >= 11 is -1.58. The van der Waals surface area contributed by atoms with Crippen molar-refractivity contribution >= 4 is 32.2 Å². The van der Waals surface area contributed by atoms with Crippen LogP contribution >= 0.6 is 0 Å². The highest BCUT2D eigenvalue weighted by atomic mass is 32.2. The maximum absolute atomic E-state index is 14.8. The Kier molecular flexibility index (Phi) is 7.20. The van der Waals surface area contributed by atoms with Crippen LogP contribution in [0.3, 0.4) is 0 Å². The van der Waals surface area contributed by atoms with Gasteiger partial charge in [-0.2, -0.15) is 0 Å². The lowest BCUT2D eigenvalue weighted by Crippen LogP contribution is -2.42. The Balaban J connectivity index is 1.85. The number of pyridine rings is 1.